The van der Waals surface area contributed by atoms with E-state index in [2.05, 4.69) is 6.92 Å². The molecule has 2 saturated carbocycles. The van der Waals surface area contributed by atoms with E-state index in [1.807, 2.05) is 0 Å². The second-order valence-corrected chi connectivity index (χ2v) is 7.59. The highest BCUT2D eigenvalue weighted by Gasteiger charge is 2.36. The highest BCUT2D eigenvalue weighted by molar-refractivity contribution is 8.13. The van der Waals surface area contributed by atoms with Crippen LogP contribution in [0.3, 0.4) is 0 Å². The number of carbonyl (C=O) groups excluding carboxylic acids is 1. The summed E-state index contributed by atoms with van der Waals surface area (Å²) in [5, 5.41) is 0.542. The van der Waals surface area contributed by atoms with Crippen LogP contribution in [-0.4, -0.2) is 10.9 Å². The lowest BCUT2D eigenvalue weighted by Crippen LogP contribution is -2.32. The van der Waals surface area contributed by atoms with E-state index < -0.39 is 0 Å². The summed E-state index contributed by atoms with van der Waals surface area (Å²) in [4.78, 5) is 12.7. The maximum atomic E-state index is 12.7. The van der Waals surface area contributed by atoms with Gasteiger partial charge in [-0.15, -0.1) is 0 Å². The molecular formula is C17H30OS. The first-order chi connectivity index (χ1) is 9.33. The summed E-state index contributed by atoms with van der Waals surface area (Å²) >= 11 is 1.63. The van der Waals surface area contributed by atoms with Gasteiger partial charge < -0.3 is 0 Å². The van der Waals surface area contributed by atoms with Gasteiger partial charge in [0.05, 0.1) is 0 Å². The van der Waals surface area contributed by atoms with Crippen molar-refractivity contribution in [2.45, 2.75) is 77.6 Å². The Labute approximate surface area is 123 Å². The Balaban J connectivity index is 1.99. The van der Waals surface area contributed by atoms with Gasteiger partial charge in [0, 0.05) is 11.7 Å². The van der Waals surface area contributed by atoms with Gasteiger partial charge in [0.15, 0.2) is 5.12 Å². The van der Waals surface area contributed by atoms with E-state index >= 15 is 0 Å². The van der Waals surface area contributed by atoms with E-state index in [0.717, 1.165) is 12.2 Å². The molecule has 110 valence electrons. The van der Waals surface area contributed by atoms with Crippen LogP contribution in [0.1, 0.15) is 77.6 Å². The van der Waals surface area contributed by atoms with Crippen LogP contribution >= 0.6 is 11.8 Å². The molecule has 2 rings (SSSR count). The van der Waals surface area contributed by atoms with Crippen molar-refractivity contribution < 1.29 is 4.79 Å². The molecule has 0 N–H and O–H groups in total. The average Bonchev–Trinajstić information content (AvgIpc) is 2.47. The van der Waals surface area contributed by atoms with Crippen molar-refractivity contribution in [2.75, 3.05) is 5.75 Å². The second-order valence-electron chi connectivity index (χ2n) is 6.49. The van der Waals surface area contributed by atoms with E-state index in [-0.39, 0.29) is 0 Å². The zero-order valence-electron chi connectivity index (χ0n) is 12.5. The molecule has 2 aliphatic rings. The molecule has 0 aromatic rings. The van der Waals surface area contributed by atoms with Crippen molar-refractivity contribution in [3.8, 4) is 0 Å². The van der Waals surface area contributed by atoms with Crippen LogP contribution < -0.4 is 0 Å². The van der Waals surface area contributed by atoms with Crippen LogP contribution in [0.2, 0.25) is 0 Å². The summed E-state index contributed by atoms with van der Waals surface area (Å²) in [5.74, 6) is 2.86. The molecule has 0 unspecified atom stereocenters. The van der Waals surface area contributed by atoms with Crippen LogP contribution in [0, 0.1) is 17.8 Å². The average molecular weight is 282 g/mol. The van der Waals surface area contributed by atoms with Crippen molar-refractivity contribution in [2.24, 2.45) is 17.8 Å². The zero-order chi connectivity index (χ0) is 13.5. The van der Waals surface area contributed by atoms with Gasteiger partial charge in [-0.1, -0.05) is 57.2 Å². The van der Waals surface area contributed by atoms with E-state index in [4.69, 9.17) is 0 Å². The molecular weight excluding hydrogens is 252 g/mol. The lowest BCUT2D eigenvalue weighted by atomic mass is 9.70. The standard InChI is InChI=1S/C17H30OS/c1-2-13-19-17(18)16(14-9-5-3-6-10-14)15-11-7-4-8-12-15/h14-16H,2-13H2,1H3. The van der Waals surface area contributed by atoms with Gasteiger partial charge in [0.2, 0.25) is 0 Å². The minimum absolute atomic E-state index is 0.400. The Morgan fingerprint density at radius 1 is 0.947 bits per heavy atom. The number of hydrogen-bond acceptors (Lipinski definition) is 2. The third kappa shape index (κ3) is 4.51. The quantitative estimate of drug-likeness (QED) is 0.668. The van der Waals surface area contributed by atoms with Gasteiger partial charge in [-0.05, 0) is 43.9 Å². The zero-order valence-corrected chi connectivity index (χ0v) is 13.4. The van der Waals surface area contributed by atoms with Gasteiger partial charge in [-0.25, -0.2) is 0 Å². The first-order valence-electron chi connectivity index (χ1n) is 8.49. The maximum Gasteiger partial charge on any atom is 0.192 e. The predicted octanol–water partition coefficient (Wildman–Crippen LogP) is 5.43. The van der Waals surface area contributed by atoms with E-state index in [0.29, 0.717) is 22.9 Å². The summed E-state index contributed by atoms with van der Waals surface area (Å²) in [6.45, 7) is 2.18. The van der Waals surface area contributed by atoms with Crippen LogP contribution in [0.5, 0.6) is 0 Å². The van der Waals surface area contributed by atoms with Crippen LogP contribution in [0.4, 0.5) is 0 Å². The number of thioether (sulfide) groups is 1. The lowest BCUT2D eigenvalue weighted by Gasteiger charge is -2.36. The number of rotatable bonds is 5. The topological polar surface area (TPSA) is 17.1 Å². The molecule has 0 aromatic heterocycles. The van der Waals surface area contributed by atoms with E-state index in [1.54, 1.807) is 11.8 Å². The smallest absolute Gasteiger partial charge is 0.192 e. The Bertz CT molecular complexity index is 246. The monoisotopic (exact) mass is 282 g/mol. The highest BCUT2D eigenvalue weighted by atomic mass is 32.2. The maximum absolute atomic E-state index is 12.7. The molecule has 0 bridgehead atoms. The minimum Gasteiger partial charge on any atom is -0.287 e. The predicted molar refractivity (Wildman–Crippen MR) is 84.4 cm³/mol. The van der Waals surface area contributed by atoms with Crippen molar-refractivity contribution >= 4 is 16.9 Å². The van der Waals surface area contributed by atoms with Gasteiger partial charge in [0.1, 0.15) is 0 Å². The van der Waals surface area contributed by atoms with Gasteiger partial charge in [-0.2, -0.15) is 0 Å². The molecule has 2 heteroatoms. The molecule has 0 heterocycles. The van der Waals surface area contributed by atoms with Crippen molar-refractivity contribution in [1.82, 2.24) is 0 Å². The molecule has 1 nitrogen and oxygen atoms in total. The Kier molecular flexibility index (Phi) is 6.76. The van der Waals surface area contributed by atoms with E-state index in [1.165, 1.54) is 64.2 Å². The summed E-state index contributed by atoms with van der Waals surface area (Å²) < 4.78 is 0. The van der Waals surface area contributed by atoms with Crippen LogP contribution in [-0.2, 0) is 4.79 Å². The fraction of sp³-hybridized carbons (Fsp3) is 0.941. The van der Waals surface area contributed by atoms with Crippen LogP contribution in [0.25, 0.3) is 0 Å². The summed E-state index contributed by atoms with van der Waals surface area (Å²) in [7, 11) is 0. The summed E-state index contributed by atoms with van der Waals surface area (Å²) in [6, 6.07) is 0. The number of hydrogen-bond donors (Lipinski definition) is 0. The minimum atomic E-state index is 0.400. The molecule has 0 saturated heterocycles. The second kappa shape index (κ2) is 8.34. The Morgan fingerprint density at radius 2 is 1.42 bits per heavy atom. The third-order valence-corrected chi connectivity index (χ3v) is 6.21. The highest BCUT2D eigenvalue weighted by Crippen LogP contribution is 2.42. The van der Waals surface area contributed by atoms with Crippen LogP contribution in [0.15, 0.2) is 0 Å². The normalized spacial score (nSPS) is 22.8. The molecule has 0 aliphatic heterocycles. The van der Waals surface area contributed by atoms with Gasteiger partial charge in [-0.3, -0.25) is 4.79 Å². The molecule has 0 radical (unpaired) electrons. The van der Waals surface area contributed by atoms with Crippen molar-refractivity contribution in [3.63, 3.8) is 0 Å². The molecule has 2 fully saturated rings. The summed E-state index contributed by atoms with van der Waals surface area (Å²) in [5.41, 5.74) is 0. The van der Waals surface area contributed by atoms with Crippen molar-refractivity contribution in [3.05, 3.63) is 0 Å². The Hall–Kier alpha value is 0.0200. The molecule has 0 spiro atoms. The third-order valence-electron chi connectivity index (χ3n) is 5.04. The number of carbonyl (C=O) groups is 1. The van der Waals surface area contributed by atoms with Gasteiger partial charge >= 0.3 is 0 Å². The summed E-state index contributed by atoms with van der Waals surface area (Å²) in [6.07, 6.45) is 14.6. The molecule has 0 atom stereocenters. The fourth-order valence-corrected chi connectivity index (χ4v) is 5.04. The fourth-order valence-electron chi connectivity index (χ4n) is 4.06. The van der Waals surface area contributed by atoms with E-state index in [9.17, 15) is 4.79 Å². The first-order valence-corrected chi connectivity index (χ1v) is 9.48. The molecule has 0 amide bonds. The molecule has 2 aliphatic carbocycles. The molecule has 19 heavy (non-hydrogen) atoms. The Morgan fingerprint density at radius 3 is 1.84 bits per heavy atom. The SMILES string of the molecule is CCCSC(=O)C(C1CCCCC1)C1CCCCC1. The van der Waals surface area contributed by atoms with Crippen molar-refractivity contribution in [1.29, 1.82) is 0 Å². The first kappa shape index (κ1) is 15.4. The molecule has 0 aromatic carbocycles. The lowest BCUT2D eigenvalue weighted by molar-refractivity contribution is -0.118. The van der Waals surface area contributed by atoms with Gasteiger partial charge in [0.25, 0.3) is 0 Å². The largest absolute Gasteiger partial charge is 0.287 e.